The highest BCUT2D eigenvalue weighted by molar-refractivity contribution is 7.99. The summed E-state index contributed by atoms with van der Waals surface area (Å²) >= 11 is 1.63. The Balaban J connectivity index is 2.03. The predicted octanol–water partition coefficient (Wildman–Crippen LogP) is 3.82. The van der Waals surface area contributed by atoms with E-state index in [9.17, 15) is 10.1 Å². The second-order valence-electron chi connectivity index (χ2n) is 4.53. The van der Waals surface area contributed by atoms with Crippen molar-refractivity contribution in [3.63, 3.8) is 0 Å². The fourth-order valence-corrected chi connectivity index (χ4v) is 2.98. The molecule has 0 aliphatic carbocycles. The van der Waals surface area contributed by atoms with Crippen molar-refractivity contribution in [3.05, 3.63) is 63.7 Å². The average molecular weight is 288 g/mol. The number of nitro benzene ring substituents is 1. The van der Waals surface area contributed by atoms with Crippen molar-refractivity contribution in [3.8, 4) is 0 Å². The number of aryl methyl sites for hydroxylation is 2. The van der Waals surface area contributed by atoms with Crippen molar-refractivity contribution in [1.29, 1.82) is 0 Å². The SMILES string of the molecule is Cc1ccc(N)c(SCCc2ccccc2[N+](=O)[O-])c1. The van der Waals surface area contributed by atoms with Gasteiger partial charge in [0, 0.05) is 28.0 Å². The van der Waals surface area contributed by atoms with Crippen LogP contribution in [0.2, 0.25) is 0 Å². The van der Waals surface area contributed by atoms with E-state index < -0.39 is 0 Å². The molecule has 0 unspecified atom stereocenters. The molecule has 0 bridgehead atoms. The molecule has 0 aliphatic rings. The average Bonchev–Trinajstić information content (AvgIpc) is 2.43. The Kier molecular flexibility index (Phi) is 4.63. The fourth-order valence-electron chi connectivity index (χ4n) is 1.94. The highest BCUT2D eigenvalue weighted by Crippen LogP contribution is 2.28. The Morgan fingerprint density at radius 2 is 2.00 bits per heavy atom. The summed E-state index contributed by atoms with van der Waals surface area (Å²) in [5.74, 6) is 0.762. The summed E-state index contributed by atoms with van der Waals surface area (Å²) < 4.78 is 0. The van der Waals surface area contributed by atoms with Gasteiger partial charge in [0.05, 0.1) is 4.92 Å². The Labute approximate surface area is 122 Å². The van der Waals surface area contributed by atoms with Crippen LogP contribution in [-0.4, -0.2) is 10.7 Å². The maximum Gasteiger partial charge on any atom is 0.272 e. The molecule has 104 valence electrons. The molecule has 5 heteroatoms. The van der Waals surface area contributed by atoms with Crippen LogP contribution >= 0.6 is 11.8 Å². The first-order chi connectivity index (χ1) is 9.58. The molecule has 0 fully saturated rings. The molecule has 0 saturated carbocycles. The number of thioether (sulfide) groups is 1. The molecule has 2 rings (SSSR count). The zero-order chi connectivity index (χ0) is 14.5. The van der Waals surface area contributed by atoms with Gasteiger partial charge in [-0.15, -0.1) is 11.8 Å². The summed E-state index contributed by atoms with van der Waals surface area (Å²) in [6.45, 7) is 2.02. The van der Waals surface area contributed by atoms with Crippen molar-refractivity contribution in [1.82, 2.24) is 0 Å². The minimum Gasteiger partial charge on any atom is -0.398 e. The van der Waals surface area contributed by atoms with Gasteiger partial charge in [-0.2, -0.15) is 0 Å². The minimum absolute atomic E-state index is 0.185. The normalized spacial score (nSPS) is 10.4. The maximum atomic E-state index is 10.9. The van der Waals surface area contributed by atoms with Crippen LogP contribution in [-0.2, 0) is 6.42 Å². The summed E-state index contributed by atoms with van der Waals surface area (Å²) in [5, 5.41) is 10.9. The molecule has 4 nitrogen and oxygen atoms in total. The lowest BCUT2D eigenvalue weighted by atomic mass is 10.1. The van der Waals surface area contributed by atoms with Crippen LogP contribution in [0.3, 0.4) is 0 Å². The van der Waals surface area contributed by atoms with Crippen molar-refractivity contribution in [2.45, 2.75) is 18.2 Å². The van der Waals surface area contributed by atoms with Gasteiger partial charge in [0.2, 0.25) is 0 Å². The molecule has 0 aliphatic heterocycles. The van der Waals surface area contributed by atoms with E-state index in [4.69, 9.17) is 5.73 Å². The van der Waals surface area contributed by atoms with Crippen molar-refractivity contribution < 1.29 is 4.92 Å². The summed E-state index contributed by atoms with van der Waals surface area (Å²) in [6, 6.07) is 12.8. The van der Waals surface area contributed by atoms with Gasteiger partial charge in [-0.1, -0.05) is 24.3 Å². The summed E-state index contributed by atoms with van der Waals surface area (Å²) in [7, 11) is 0. The van der Waals surface area contributed by atoms with E-state index in [0.717, 1.165) is 27.5 Å². The zero-order valence-corrected chi connectivity index (χ0v) is 12.0. The number of para-hydroxylation sites is 1. The molecule has 0 amide bonds. The molecule has 2 N–H and O–H groups in total. The largest absolute Gasteiger partial charge is 0.398 e. The van der Waals surface area contributed by atoms with Gasteiger partial charge < -0.3 is 5.73 Å². The third-order valence-corrected chi connectivity index (χ3v) is 4.06. The molecular formula is C15H16N2O2S. The predicted molar refractivity (Wildman–Crippen MR) is 83.1 cm³/mol. The van der Waals surface area contributed by atoms with Crippen molar-refractivity contribution >= 4 is 23.1 Å². The van der Waals surface area contributed by atoms with E-state index in [1.807, 2.05) is 31.2 Å². The van der Waals surface area contributed by atoms with Gasteiger partial charge in [0.1, 0.15) is 0 Å². The molecule has 0 spiro atoms. The van der Waals surface area contributed by atoms with Crippen LogP contribution < -0.4 is 5.73 Å². The summed E-state index contributed by atoms with van der Waals surface area (Å²) in [5.41, 5.74) is 8.78. The van der Waals surface area contributed by atoms with E-state index in [-0.39, 0.29) is 10.6 Å². The number of nitrogens with zero attached hydrogens (tertiary/aromatic N) is 1. The zero-order valence-electron chi connectivity index (χ0n) is 11.2. The Morgan fingerprint density at radius 1 is 1.25 bits per heavy atom. The standard InChI is InChI=1S/C15H16N2O2S/c1-11-6-7-13(16)15(10-11)20-9-8-12-4-2-3-5-14(12)17(18)19/h2-7,10H,8-9,16H2,1H3. The van der Waals surface area contributed by atoms with Crippen LogP contribution in [0.5, 0.6) is 0 Å². The van der Waals surface area contributed by atoms with Gasteiger partial charge in [0.15, 0.2) is 0 Å². The summed E-state index contributed by atoms with van der Waals surface area (Å²) in [6.07, 6.45) is 0.648. The van der Waals surface area contributed by atoms with E-state index in [1.165, 1.54) is 0 Å². The number of hydrogen-bond acceptors (Lipinski definition) is 4. The Hall–Kier alpha value is -2.01. The number of benzene rings is 2. The second kappa shape index (κ2) is 6.43. The summed E-state index contributed by atoms with van der Waals surface area (Å²) in [4.78, 5) is 11.6. The van der Waals surface area contributed by atoms with E-state index >= 15 is 0 Å². The van der Waals surface area contributed by atoms with Crippen LogP contribution in [0.25, 0.3) is 0 Å². The van der Waals surface area contributed by atoms with E-state index in [1.54, 1.807) is 30.0 Å². The lowest BCUT2D eigenvalue weighted by molar-refractivity contribution is -0.385. The third-order valence-electron chi connectivity index (χ3n) is 2.99. The topological polar surface area (TPSA) is 69.2 Å². The number of nitro groups is 1. The first kappa shape index (κ1) is 14.4. The van der Waals surface area contributed by atoms with E-state index in [2.05, 4.69) is 0 Å². The molecule has 2 aromatic carbocycles. The number of anilines is 1. The quantitative estimate of drug-likeness (QED) is 0.393. The van der Waals surface area contributed by atoms with Gasteiger partial charge in [-0.05, 0) is 31.0 Å². The monoisotopic (exact) mass is 288 g/mol. The lowest BCUT2D eigenvalue weighted by Crippen LogP contribution is -1.97. The first-order valence-corrected chi connectivity index (χ1v) is 7.27. The van der Waals surface area contributed by atoms with Crippen molar-refractivity contribution in [2.75, 3.05) is 11.5 Å². The fraction of sp³-hybridized carbons (Fsp3) is 0.200. The second-order valence-corrected chi connectivity index (χ2v) is 5.66. The Bertz CT molecular complexity index is 629. The first-order valence-electron chi connectivity index (χ1n) is 6.29. The van der Waals surface area contributed by atoms with Gasteiger partial charge in [-0.3, -0.25) is 10.1 Å². The van der Waals surface area contributed by atoms with Crippen LogP contribution in [0.15, 0.2) is 47.4 Å². The van der Waals surface area contributed by atoms with Gasteiger partial charge in [0.25, 0.3) is 5.69 Å². The van der Waals surface area contributed by atoms with Crippen LogP contribution in [0.1, 0.15) is 11.1 Å². The highest BCUT2D eigenvalue weighted by atomic mass is 32.2. The number of hydrogen-bond donors (Lipinski definition) is 1. The number of nitrogens with two attached hydrogens (primary N) is 1. The molecule has 2 aromatic rings. The molecule has 0 saturated heterocycles. The maximum absolute atomic E-state index is 10.9. The van der Waals surface area contributed by atoms with Crippen molar-refractivity contribution in [2.24, 2.45) is 0 Å². The Morgan fingerprint density at radius 3 is 2.75 bits per heavy atom. The number of rotatable bonds is 5. The lowest BCUT2D eigenvalue weighted by Gasteiger charge is -2.07. The van der Waals surface area contributed by atoms with Crippen LogP contribution in [0.4, 0.5) is 11.4 Å². The minimum atomic E-state index is -0.332. The molecule has 0 atom stereocenters. The molecule has 20 heavy (non-hydrogen) atoms. The van der Waals surface area contributed by atoms with Gasteiger partial charge >= 0.3 is 0 Å². The number of nitrogen functional groups attached to an aromatic ring is 1. The molecule has 0 aromatic heterocycles. The molecule has 0 heterocycles. The van der Waals surface area contributed by atoms with Gasteiger partial charge in [-0.25, -0.2) is 0 Å². The molecular weight excluding hydrogens is 272 g/mol. The smallest absolute Gasteiger partial charge is 0.272 e. The third kappa shape index (κ3) is 3.51. The van der Waals surface area contributed by atoms with E-state index in [0.29, 0.717) is 6.42 Å². The highest BCUT2D eigenvalue weighted by Gasteiger charge is 2.12. The van der Waals surface area contributed by atoms with Crippen LogP contribution in [0, 0.1) is 17.0 Å². The molecule has 0 radical (unpaired) electrons.